The summed E-state index contributed by atoms with van der Waals surface area (Å²) in [5, 5.41) is 3.35. The van der Waals surface area contributed by atoms with Gasteiger partial charge in [0.2, 0.25) is 0 Å². The van der Waals surface area contributed by atoms with Gasteiger partial charge in [-0.05, 0) is 33.6 Å². The molecule has 0 aliphatic carbocycles. The van der Waals surface area contributed by atoms with Crippen molar-refractivity contribution in [1.82, 2.24) is 0 Å². The molecule has 2 nitrogen and oxygen atoms in total. The van der Waals surface area contributed by atoms with E-state index in [1.165, 1.54) is 0 Å². The van der Waals surface area contributed by atoms with E-state index in [9.17, 15) is 0 Å². The Morgan fingerprint density at radius 3 is 1.53 bits per heavy atom. The number of hydrogen-bond acceptors (Lipinski definition) is 3. The van der Waals surface area contributed by atoms with Crippen LogP contribution in [0.25, 0.3) is 5.31 Å². The largest absolute Gasteiger partial charge is 0.773 e. The van der Waals surface area contributed by atoms with Crippen molar-refractivity contribution in [2.24, 2.45) is 0 Å². The third kappa shape index (κ3) is 5.00. The minimum atomic E-state index is -2.51. The highest BCUT2D eigenvalue weighted by Crippen LogP contribution is 2.58. The van der Waals surface area contributed by atoms with Gasteiger partial charge < -0.3 is 17.4 Å². The zero-order valence-electron chi connectivity index (χ0n) is 20.0. The van der Waals surface area contributed by atoms with Gasteiger partial charge >= 0.3 is 0 Å². The number of allylic oxidation sites excluding steroid dienone is 1. The van der Waals surface area contributed by atoms with Crippen LogP contribution in [0.2, 0.25) is 0 Å². The van der Waals surface area contributed by atoms with Gasteiger partial charge in [-0.3, -0.25) is 0 Å². The molecule has 0 radical (unpaired) electrons. The molecule has 0 aromatic heterocycles. The van der Waals surface area contributed by atoms with E-state index in [-0.39, 0.29) is 0 Å². The predicted octanol–water partition coefficient (Wildman–Crippen LogP) is 5.56. The fraction of sp³-hybridized carbons (Fsp3) is 0.129. The first-order valence-corrected chi connectivity index (χ1v) is 15.3. The second kappa shape index (κ2) is 11.5. The molecule has 0 unspecified atom stereocenters. The Morgan fingerprint density at radius 2 is 1.06 bits per heavy atom. The van der Waals surface area contributed by atoms with Gasteiger partial charge in [-0.2, -0.15) is 0 Å². The molecule has 180 valence electrons. The molecule has 1 heterocycles. The zero-order valence-corrected chi connectivity index (χ0v) is 22.5. The van der Waals surface area contributed by atoms with Crippen molar-refractivity contribution in [3.05, 3.63) is 137 Å². The van der Waals surface area contributed by atoms with Crippen molar-refractivity contribution in [3.8, 4) is 0 Å². The molecule has 0 N–H and O–H groups in total. The van der Waals surface area contributed by atoms with Gasteiger partial charge in [-0.15, -0.1) is 0 Å². The summed E-state index contributed by atoms with van der Waals surface area (Å²) in [5.41, 5.74) is 3.26. The fourth-order valence-corrected chi connectivity index (χ4v) is 9.86. The maximum Gasteiger partial charge on any atom is 0.188 e. The van der Waals surface area contributed by atoms with Crippen molar-refractivity contribution in [2.45, 2.75) is 0 Å². The number of nitrogens with zero attached hydrogens (tertiary/aromatic N) is 1. The first-order chi connectivity index (χ1) is 17.7. The van der Waals surface area contributed by atoms with Gasteiger partial charge in [0, 0.05) is 11.6 Å². The molecule has 0 atom stereocenters. The summed E-state index contributed by atoms with van der Waals surface area (Å²) < 4.78 is 8.07. The van der Waals surface area contributed by atoms with Crippen LogP contribution in [-0.4, -0.2) is 36.6 Å². The van der Waals surface area contributed by atoms with Crippen LogP contribution in [0, 0.1) is 0 Å². The number of hydrogen-bond donors (Lipinski definition) is 0. The van der Waals surface area contributed by atoms with E-state index in [4.69, 9.17) is 29.2 Å². The van der Waals surface area contributed by atoms with E-state index in [0.29, 0.717) is 13.2 Å². The molecule has 5 rings (SSSR count). The summed E-state index contributed by atoms with van der Waals surface area (Å²) in [6.45, 7) is 2.97. The lowest BCUT2D eigenvalue weighted by Crippen LogP contribution is -2.35. The molecular formula is C31H28NOPS2. The first-order valence-electron chi connectivity index (χ1n) is 12.1. The van der Waals surface area contributed by atoms with Gasteiger partial charge in [0.15, 0.2) is 18.8 Å². The van der Waals surface area contributed by atoms with E-state index in [0.717, 1.165) is 50.8 Å². The fourth-order valence-electron chi connectivity index (χ4n) is 4.69. The van der Waals surface area contributed by atoms with Crippen molar-refractivity contribution in [2.75, 3.05) is 26.3 Å². The highest BCUT2D eigenvalue weighted by molar-refractivity contribution is 8.27. The predicted molar refractivity (Wildman–Crippen MR) is 159 cm³/mol. The third-order valence-corrected chi connectivity index (χ3v) is 11.9. The Balaban J connectivity index is 1.89. The van der Waals surface area contributed by atoms with E-state index < -0.39 is 6.04 Å². The van der Waals surface area contributed by atoms with Crippen molar-refractivity contribution in [3.63, 3.8) is 0 Å². The van der Waals surface area contributed by atoms with Gasteiger partial charge in [-0.1, -0.05) is 126 Å². The highest BCUT2D eigenvalue weighted by atomic mass is 32.4. The summed E-state index contributed by atoms with van der Waals surface area (Å²) in [6, 6.07) is 39.5. The number of ether oxygens (including phenoxy) is 1. The van der Waals surface area contributed by atoms with Crippen LogP contribution in [0.4, 0.5) is 0 Å². The van der Waals surface area contributed by atoms with Crippen LogP contribution < -0.4 is 10.6 Å². The van der Waals surface area contributed by atoms with Crippen molar-refractivity contribution in [1.29, 1.82) is 0 Å². The lowest BCUT2D eigenvalue weighted by atomic mass is 10.1. The van der Waals surface area contributed by atoms with Crippen LogP contribution in [0.5, 0.6) is 0 Å². The molecule has 0 bridgehead atoms. The summed E-state index contributed by atoms with van der Waals surface area (Å²) in [4.78, 5) is 0.824. The molecule has 4 aromatic rings. The molecule has 5 heteroatoms. The average Bonchev–Trinajstić information content (AvgIpc) is 2.96. The highest BCUT2D eigenvalue weighted by Gasteiger charge is 2.31. The Bertz CT molecular complexity index is 1370. The molecule has 4 aromatic carbocycles. The maximum absolute atomic E-state index is 6.82. The molecule has 1 aliphatic rings. The third-order valence-electron chi connectivity index (χ3n) is 6.41. The minimum absolute atomic E-state index is 0.686. The second-order valence-electron chi connectivity index (χ2n) is 8.64. The molecule has 1 saturated heterocycles. The van der Waals surface area contributed by atoms with Crippen LogP contribution in [0.3, 0.4) is 0 Å². The van der Waals surface area contributed by atoms with Crippen LogP contribution in [0.15, 0.2) is 126 Å². The van der Waals surface area contributed by atoms with Gasteiger partial charge in [-0.25, -0.2) is 4.58 Å². The minimum Gasteiger partial charge on any atom is -0.773 e. The molecular weight excluding hydrogens is 497 g/mol. The van der Waals surface area contributed by atoms with Crippen molar-refractivity contribution >= 4 is 52.1 Å². The molecule has 0 saturated carbocycles. The van der Waals surface area contributed by atoms with E-state index in [1.807, 2.05) is 24.3 Å². The Kier molecular flexibility index (Phi) is 7.89. The molecule has 1 fully saturated rings. The molecule has 36 heavy (non-hydrogen) atoms. The first kappa shape index (κ1) is 24.8. The quantitative estimate of drug-likeness (QED) is 0.186. The summed E-state index contributed by atoms with van der Waals surface area (Å²) >= 11 is 13.3. The number of rotatable bonds is 6. The van der Waals surface area contributed by atoms with Gasteiger partial charge in [0.1, 0.15) is 13.2 Å². The monoisotopic (exact) mass is 525 g/mol. The normalized spacial score (nSPS) is 14.7. The topological polar surface area (TPSA) is 12.2 Å². The van der Waals surface area contributed by atoms with E-state index in [2.05, 4.69) is 102 Å². The van der Waals surface area contributed by atoms with Gasteiger partial charge in [0.05, 0.1) is 0 Å². The average molecular weight is 526 g/mol. The maximum atomic E-state index is 6.82. The number of benzene rings is 4. The smallest absolute Gasteiger partial charge is 0.188 e. The summed E-state index contributed by atoms with van der Waals surface area (Å²) in [5.74, 6) is 0. The standard InChI is InChI=1S/C31H28NOPS2/c35-31(29(25-13-5-1-6-14-25)32-21-23-33-24-22-32)30(26-15-7-2-8-16-26)34(36,27-17-9-3-10-18-27)28-19-11-4-12-20-28/h1-20H,21-24H2. The van der Waals surface area contributed by atoms with Gasteiger partial charge in [0.25, 0.3) is 0 Å². The lowest BCUT2D eigenvalue weighted by molar-refractivity contribution is -0.548. The van der Waals surface area contributed by atoms with E-state index >= 15 is 0 Å². The Morgan fingerprint density at radius 1 is 0.639 bits per heavy atom. The second-order valence-corrected chi connectivity index (χ2v) is 13.4. The van der Waals surface area contributed by atoms with Crippen molar-refractivity contribution < 1.29 is 9.31 Å². The van der Waals surface area contributed by atoms with E-state index in [1.54, 1.807) is 0 Å². The Hall–Kier alpha value is -2.88. The number of morpholine rings is 1. The molecule has 0 amide bonds. The lowest BCUT2D eigenvalue weighted by Gasteiger charge is -2.32. The van der Waals surface area contributed by atoms with Crippen LogP contribution in [-0.2, 0) is 29.2 Å². The Labute approximate surface area is 224 Å². The van der Waals surface area contributed by atoms with Crippen LogP contribution >= 0.6 is 6.04 Å². The van der Waals surface area contributed by atoms with Crippen LogP contribution in [0.1, 0.15) is 11.1 Å². The SMILES string of the molecule is S=P(/C(=C(/[S-])C(c1ccccc1)=[N+]1CCOCC1)c1ccccc1)(c1ccccc1)c1ccccc1. The summed E-state index contributed by atoms with van der Waals surface area (Å²) in [6.07, 6.45) is 0. The molecule has 1 aliphatic heterocycles. The summed E-state index contributed by atoms with van der Waals surface area (Å²) in [7, 11) is 0. The zero-order chi connectivity index (χ0) is 24.8. The molecule has 0 spiro atoms.